The number of aryl methyl sites for hydroxylation is 2. The molecule has 0 bridgehead atoms. The number of hydrogen-bond acceptors (Lipinski definition) is 6. The number of aromatic nitrogens is 2. The molecule has 3 N–H and O–H groups in total. The first-order chi connectivity index (χ1) is 9.12. The van der Waals surface area contributed by atoms with Gasteiger partial charge in [0.2, 0.25) is 0 Å². The molecule has 0 amide bonds. The summed E-state index contributed by atoms with van der Waals surface area (Å²) >= 11 is 1.67. The first kappa shape index (κ1) is 14.2. The number of thiophene rings is 1. The van der Waals surface area contributed by atoms with Crippen molar-refractivity contribution in [2.75, 3.05) is 12.5 Å². The van der Waals surface area contributed by atoms with Gasteiger partial charge in [0.25, 0.3) is 0 Å². The van der Waals surface area contributed by atoms with Gasteiger partial charge in [-0.1, -0.05) is 13.3 Å². The van der Waals surface area contributed by atoms with Gasteiger partial charge >= 0.3 is 0 Å². The van der Waals surface area contributed by atoms with Crippen LogP contribution in [-0.2, 0) is 4.74 Å². The number of methoxy groups -OCH3 is 1. The van der Waals surface area contributed by atoms with E-state index in [2.05, 4.69) is 36.2 Å². The van der Waals surface area contributed by atoms with Crippen LogP contribution in [0.4, 0.5) is 5.82 Å². The highest BCUT2D eigenvalue weighted by molar-refractivity contribution is 7.18. The molecule has 0 spiro atoms. The maximum absolute atomic E-state index is 5.60. The standard InChI is InChI=1S/C13H20N4OS/c1-5-6-9(18-4)11-15-12(17-14)10-7(2)8(3)19-13(10)16-11/h9H,5-6,14H2,1-4H3,(H,15,16,17). The van der Waals surface area contributed by atoms with Crippen LogP contribution in [0.15, 0.2) is 0 Å². The molecule has 0 fully saturated rings. The number of rotatable bonds is 5. The molecule has 0 aliphatic carbocycles. The van der Waals surface area contributed by atoms with Crippen LogP contribution in [0.5, 0.6) is 0 Å². The average molecular weight is 280 g/mol. The number of hydrazine groups is 1. The van der Waals surface area contributed by atoms with E-state index in [0.29, 0.717) is 11.6 Å². The third-order valence-electron chi connectivity index (χ3n) is 3.31. The lowest BCUT2D eigenvalue weighted by Gasteiger charge is -2.14. The van der Waals surface area contributed by atoms with E-state index in [4.69, 9.17) is 10.6 Å². The Labute approximate surface area is 117 Å². The Hall–Kier alpha value is -1.24. The number of nitrogens with two attached hydrogens (primary N) is 1. The Balaban J connectivity index is 2.59. The summed E-state index contributed by atoms with van der Waals surface area (Å²) in [5.41, 5.74) is 3.87. The van der Waals surface area contributed by atoms with Gasteiger partial charge in [-0.3, -0.25) is 0 Å². The van der Waals surface area contributed by atoms with Crippen LogP contribution >= 0.6 is 11.3 Å². The minimum Gasteiger partial charge on any atom is -0.373 e. The number of ether oxygens (including phenoxy) is 1. The molecule has 0 radical (unpaired) electrons. The van der Waals surface area contributed by atoms with Crippen LogP contribution in [0.25, 0.3) is 10.2 Å². The molecule has 19 heavy (non-hydrogen) atoms. The Kier molecular flexibility index (Phi) is 4.34. The van der Waals surface area contributed by atoms with E-state index in [1.807, 2.05) is 0 Å². The summed E-state index contributed by atoms with van der Waals surface area (Å²) in [5, 5.41) is 1.01. The molecule has 2 heterocycles. The predicted molar refractivity (Wildman–Crippen MR) is 79.4 cm³/mol. The van der Waals surface area contributed by atoms with E-state index >= 15 is 0 Å². The molecule has 2 aromatic rings. The fourth-order valence-corrected chi connectivity index (χ4v) is 3.17. The van der Waals surface area contributed by atoms with Crippen molar-refractivity contribution in [2.24, 2.45) is 5.84 Å². The van der Waals surface area contributed by atoms with Gasteiger partial charge in [0.15, 0.2) is 11.6 Å². The second-order valence-corrected chi connectivity index (χ2v) is 5.75. The summed E-state index contributed by atoms with van der Waals surface area (Å²) in [7, 11) is 1.69. The molecule has 2 rings (SSSR count). The molecule has 5 nitrogen and oxygen atoms in total. The Bertz CT molecular complexity index is 582. The quantitative estimate of drug-likeness (QED) is 0.650. The molecular weight excluding hydrogens is 260 g/mol. The summed E-state index contributed by atoms with van der Waals surface area (Å²) in [6.07, 6.45) is 1.84. The molecule has 1 unspecified atom stereocenters. The maximum Gasteiger partial charge on any atom is 0.161 e. The molecular formula is C13H20N4OS. The van der Waals surface area contributed by atoms with Crippen molar-refractivity contribution in [3.8, 4) is 0 Å². The second-order valence-electron chi connectivity index (χ2n) is 4.55. The highest BCUT2D eigenvalue weighted by atomic mass is 32.1. The number of nitrogens with zero attached hydrogens (tertiary/aromatic N) is 2. The third kappa shape index (κ3) is 2.56. The number of nitrogens with one attached hydrogen (secondary N) is 1. The Morgan fingerprint density at radius 3 is 2.68 bits per heavy atom. The second kappa shape index (κ2) is 5.81. The van der Waals surface area contributed by atoms with Gasteiger partial charge in [-0.2, -0.15) is 0 Å². The SMILES string of the molecule is CCCC(OC)c1nc(NN)c2c(C)c(C)sc2n1. The summed E-state index contributed by atoms with van der Waals surface area (Å²) in [5.74, 6) is 6.98. The van der Waals surface area contributed by atoms with Crippen molar-refractivity contribution < 1.29 is 4.74 Å². The molecule has 6 heteroatoms. The number of hydrogen-bond donors (Lipinski definition) is 2. The average Bonchev–Trinajstić information content (AvgIpc) is 2.70. The molecule has 1 atom stereocenters. The van der Waals surface area contributed by atoms with E-state index in [-0.39, 0.29) is 6.10 Å². The van der Waals surface area contributed by atoms with E-state index in [1.54, 1.807) is 18.4 Å². The van der Waals surface area contributed by atoms with Crippen molar-refractivity contribution >= 4 is 27.4 Å². The first-order valence-electron chi connectivity index (χ1n) is 6.39. The Morgan fingerprint density at radius 2 is 2.11 bits per heavy atom. The van der Waals surface area contributed by atoms with Crippen LogP contribution in [-0.4, -0.2) is 17.1 Å². The number of fused-ring (bicyclic) bond motifs is 1. The predicted octanol–water partition coefficient (Wildman–Crippen LogP) is 3.08. The summed E-state index contributed by atoms with van der Waals surface area (Å²) in [6, 6.07) is 0. The maximum atomic E-state index is 5.60. The van der Waals surface area contributed by atoms with E-state index in [9.17, 15) is 0 Å². The summed E-state index contributed by atoms with van der Waals surface area (Å²) in [4.78, 5) is 11.4. The van der Waals surface area contributed by atoms with Crippen LogP contribution in [0, 0.1) is 13.8 Å². The van der Waals surface area contributed by atoms with Gasteiger partial charge in [0.05, 0.1) is 5.39 Å². The smallest absolute Gasteiger partial charge is 0.161 e. The van der Waals surface area contributed by atoms with Crippen LogP contribution in [0.2, 0.25) is 0 Å². The fraction of sp³-hybridized carbons (Fsp3) is 0.538. The van der Waals surface area contributed by atoms with E-state index in [0.717, 1.165) is 23.1 Å². The first-order valence-corrected chi connectivity index (χ1v) is 7.21. The van der Waals surface area contributed by atoms with Crippen molar-refractivity contribution in [3.63, 3.8) is 0 Å². The van der Waals surface area contributed by atoms with Crippen LogP contribution in [0.3, 0.4) is 0 Å². The minimum absolute atomic E-state index is 0.0794. The highest BCUT2D eigenvalue weighted by Crippen LogP contribution is 2.34. The van der Waals surface area contributed by atoms with E-state index < -0.39 is 0 Å². The largest absolute Gasteiger partial charge is 0.373 e. The minimum atomic E-state index is -0.0794. The zero-order chi connectivity index (χ0) is 14.0. The molecule has 0 saturated heterocycles. The van der Waals surface area contributed by atoms with Gasteiger partial charge in [-0.05, 0) is 25.8 Å². The Morgan fingerprint density at radius 1 is 1.37 bits per heavy atom. The summed E-state index contributed by atoms with van der Waals surface area (Å²) < 4.78 is 5.47. The van der Waals surface area contributed by atoms with Gasteiger partial charge in [0.1, 0.15) is 10.9 Å². The fourth-order valence-electron chi connectivity index (χ4n) is 2.13. The molecule has 0 aromatic carbocycles. The molecule has 0 aliphatic heterocycles. The normalized spacial score (nSPS) is 12.9. The number of anilines is 1. The topological polar surface area (TPSA) is 73.1 Å². The van der Waals surface area contributed by atoms with Crippen LogP contribution in [0.1, 0.15) is 42.1 Å². The highest BCUT2D eigenvalue weighted by Gasteiger charge is 2.19. The van der Waals surface area contributed by atoms with E-state index in [1.165, 1.54) is 10.4 Å². The lowest BCUT2D eigenvalue weighted by Crippen LogP contribution is -2.13. The van der Waals surface area contributed by atoms with Crippen LogP contribution < -0.4 is 11.3 Å². The van der Waals surface area contributed by atoms with Gasteiger partial charge in [-0.15, -0.1) is 11.3 Å². The lowest BCUT2D eigenvalue weighted by molar-refractivity contribution is 0.0881. The zero-order valence-electron chi connectivity index (χ0n) is 11.8. The molecule has 0 aliphatic rings. The third-order valence-corrected chi connectivity index (χ3v) is 4.41. The van der Waals surface area contributed by atoms with Crippen molar-refractivity contribution in [1.82, 2.24) is 9.97 Å². The lowest BCUT2D eigenvalue weighted by atomic mass is 10.1. The molecule has 0 saturated carbocycles. The number of nitrogen functional groups attached to an aromatic ring is 1. The van der Waals surface area contributed by atoms with Crippen molar-refractivity contribution in [1.29, 1.82) is 0 Å². The van der Waals surface area contributed by atoms with Gasteiger partial charge in [0, 0.05) is 12.0 Å². The zero-order valence-corrected chi connectivity index (χ0v) is 12.6. The summed E-state index contributed by atoms with van der Waals surface area (Å²) in [6.45, 7) is 6.27. The van der Waals surface area contributed by atoms with Gasteiger partial charge < -0.3 is 10.2 Å². The molecule has 2 aromatic heterocycles. The monoisotopic (exact) mass is 280 g/mol. The van der Waals surface area contributed by atoms with Gasteiger partial charge in [-0.25, -0.2) is 15.8 Å². The van der Waals surface area contributed by atoms with Crippen molar-refractivity contribution in [3.05, 3.63) is 16.3 Å². The van der Waals surface area contributed by atoms with Crippen molar-refractivity contribution in [2.45, 2.75) is 39.7 Å². The molecule has 104 valence electrons.